The summed E-state index contributed by atoms with van der Waals surface area (Å²) in [6, 6.07) is 18.6. The molecule has 0 bridgehead atoms. The van der Waals surface area contributed by atoms with E-state index in [9.17, 15) is 4.79 Å². The van der Waals surface area contributed by atoms with Gasteiger partial charge in [-0.3, -0.25) is 10.2 Å². The van der Waals surface area contributed by atoms with E-state index in [4.69, 9.17) is 4.84 Å². The fourth-order valence-electron chi connectivity index (χ4n) is 2.24. The normalized spacial score (nSPS) is 20.0. The topological polar surface area (TPSA) is 66.3 Å². The zero-order chi connectivity index (χ0) is 17.7. The van der Waals surface area contributed by atoms with Crippen LogP contribution in [0.2, 0.25) is 0 Å². The lowest BCUT2D eigenvalue weighted by Crippen LogP contribution is -2.44. The van der Waals surface area contributed by atoms with Crippen molar-refractivity contribution in [2.24, 2.45) is 10.1 Å². The van der Waals surface area contributed by atoms with Crippen LogP contribution in [0, 0.1) is 0 Å². The smallest absolute Gasteiger partial charge is 0.280 e. The largest absolute Gasteiger partial charge is 0.357 e. The third kappa shape index (κ3) is 3.83. The van der Waals surface area contributed by atoms with Crippen molar-refractivity contribution in [1.29, 1.82) is 0 Å². The molecule has 0 spiro atoms. The average molecular weight is 354 g/mol. The van der Waals surface area contributed by atoms with Crippen molar-refractivity contribution in [3.05, 3.63) is 60.7 Å². The minimum Gasteiger partial charge on any atom is -0.357 e. The van der Waals surface area contributed by atoms with E-state index >= 15 is 0 Å². The molecule has 25 heavy (non-hydrogen) atoms. The molecule has 128 valence electrons. The van der Waals surface area contributed by atoms with Crippen molar-refractivity contribution in [2.75, 3.05) is 11.7 Å². The zero-order valence-corrected chi connectivity index (χ0v) is 14.7. The highest BCUT2D eigenvalue weighted by atomic mass is 32.2. The van der Waals surface area contributed by atoms with Crippen LogP contribution in [0.5, 0.6) is 5.75 Å². The number of carbonyl (C=O) groups is 1. The van der Waals surface area contributed by atoms with Gasteiger partial charge >= 0.3 is 0 Å². The molecule has 0 aliphatic carbocycles. The van der Waals surface area contributed by atoms with Crippen LogP contribution in [0.15, 0.2) is 70.8 Å². The summed E-state index contributed by atoms with van der Waals surface area (Å²) >= 11 is 1.39. The molecule has 0 saturated heterocycles. The maximum absolute atomic E-state index is 12.8. The number of benzene rings is 2. The molecule has 1 heterocycles. The van der Waals surface area contributed by atoms with Gasteiger partial charge in [-0.1, -0.05) is 53.3 Å². The Kier molecular flexibility index (Phi) is 5.04. The highest BCUT2D eigenvalue weighted by molar-refractivity contribution is 8.13. The first-order valence-corrected chi connectivity index (χ1v) is 8.91. The van der Waals surface area contributed by atoms with Crippen LogP contribution >= 0.6 is 11.8 Å². The Labute approximate surface area is 150 Å². The molecule has 2 aromatic carbocycles. The Morgan fingerprint density at radius 2 is 1.80 bits per heavy atom. The molecular formula is C18H18N4O2S. The Hall–Kier alpha value is -2.80. The molecule has 7 heteroatoms. The summed E-state index contributed by atoms with van der Waals surface area (Å²) in [5, 5.41) is 5.95. The second-order valence-electron chi connectivity index (χ2n) is 5.50. The standard InChI is InChI=1S/C18H18N4O2S/c1-18(13-19-24-15-11-7-4-8-12-15)16(23)22(17(20-18)25-2)21-14-9-5-3-6-10-14/h3-13,21H,1-2H3/b19-13+. The second-order valence-corrected chi connectivity index (χ2v) is 6.28. The molecule has 0 aromatic heterocycles. The molecular weight excluding hydrogens is 336 g/mol. The van der Waals surface area contributed by atoms with E-state index in [1.54, 1.807) is 19.1 Å². The quantitative estimate of drug-likeness (QED) is 0.660. The maximum atomic E-state index is 12.8. The van der Waals surface area contributed by atoms with Gasteiger partial charge in [-0.05, 0) is 37.4 Å². The number of hydrogen-bond donors (Lipinski definition) is 1. The molecule has 1 unspecified atom stereocenters. The summed E-state index contributed by atoms with van der Waals surface area (Å²) < 4.78 is 0. The predicted molar refractivity (Wildman–Crippen MR) is 102 cm³/mol. The minimum absolute atomic E-state index is 0.221. The fourth-order valence-corrected chi connectivity index (χ4v) is 2.83. The summed E-state index contributed by atoms with van der Waals surface area (Å²) in [6.45, 7) is 1.70. The molecule has 1 N–H and O–H groups in total. The third-order valence-corrected chi connectivity index (χ3v) is 4.20. The van der Waals surface area contributed by atoms with E-state index in [0.717, 1.165) is 5.69 Å². The van der Waals surface area contributed by atoms with Gasteiger partial charge in [0.25, 0.3) is 5.91 Å². The lowest BCUT2D eigenvalue weighted by atomic mass is 10.1. The van der Waals surface area contributed by atoms with Crippen LogP contribution in [0.25, 0.3) is 0 Å². The number of amidine groups is 1. The molecule has 6 nitrogen and oxygen atoms in total. The highest BCUT2D eigenvalue weighted by Gasteiger charge is 2.44. The second kappa shape index (κ2) is 7.40. The molecule has 1 aliphatic rings. The number of anilines is 1. The van der Waals surface area contributed by atoms with Crippen molar-refractivity contribution in [2.45, 2.75) is 12.5 Å². The Balaban J connectivity index is 1.75. The van der Waals surface area contributed by atoms with Crippen LogP contribution in [0.1, 0.15) is 6.92 Å². The predicted octanol–water partition coefficient (Wildman–Crippen LogP) is 3.40. The van der Waals surface area contributed by atoms with Gasteiger partial charge < -0.3 is 4.84 Å². The molecule has 0 saturated carbocycles. The number of aliphatic imine (C=N–C) groups is 1. The molecule has 2 aromatic rings. The first-order chi connectivity index (χ1) is 12.1. The summed E-state index contributed by atoms with van der Waals surface area (Å²) in [4.78, 5) is 22.6. The zero-order valence-electron chi connectivity index (χ0n) is 13.9. The number of para-hydroxylation sites is 2. The van der Waals surface area contributed by atoms with Crippen LogP contribution in [-0.4, -0.2) is 34.1 Å². The van der Waals surface area contributed by atoms with E-state index in [1.165, 1.54) is 23.0 Å². The van der Waals surface area contributed by atoms with Gasteiger partial charge in [0.1, 0.15) is 0 Å². The number of thioether (sulfide) groups is 1. The van der Waals surface area contributed by atoms with Crippen LogP contribution in [0.4, 0.5) is 5.69 Å². The van der Waals surface area contributed by atoms with Gasteiger partial charge in [0.2, 0.25) is 0 Å². The van der Waals surface area contributed by atoms with E-state index in [1.807, 2.05) is 54.8 Å². The fraction of sp³-hybridized carbons (Fsp3) is 0.167. The monoisotopic (exact) mass is 354 g/mol. The van der Waals surface area contributed by atoms with Crippen molar-refractivity contribution in [1.82, 2.24) is 5.01 Å². The van der Waals surface area contributed by atoms with Gasteiger partial charge in [0.05, 0.1) is 11.9 Å². The maximum Gasteiger partial charge on any atom is 0.280 e. The minimum atomic E-state index is -1.12. The van der Waals surface area contributed by atoms with Crippen molar-refractivity contribution >= 4 is 34.7 Å². The third-order valence-electron chi connectivity index (χ3n) is 3.56. The van der Waals surface area contributed by atoms with Crippen LogP contribution in [0.3, 0.4) is 0 Å². The van der Waals surface area contributed by atoms with Crippen molar-refractivity contribution < 1.29 is 9.63 Å². The number of hydrogen-bond acceptors (Lipinski definition) is 6. The number of rotatable bonds is 5. The number of oxime groups is 1. The molecule has 3 rings (SSSR count). The first-order valence-electron chi connectivity index (χ1n) is 7.69. The van der Waals surface area contributed by atoms with Gasteiger partial charge in [-0.25, -0.2) is 4.99 Å². The Morgan fingerprint density at radius 3 is 2.44 bits per heavy atom. The number of hydrazine groups is 1. The summed E-state index contributed by atoms with van der Waals surface area (Å²) in [5.41, 5.74) is 2.77. The Bertz CT molecular complexity index is 795. The summed E-state index contributed by atoms with van der Waals surface area (Å²) in [7, 11) is 0. The number of amides is 1. The first kappa shape index (κ1) is 17.0. The number of nitrogens with zero attached hydrogens (tertiary/aromatic N) is 3. The average Bonchev–Trinajstić information content (AvgIpc) is 2.88. The van der Waals surface area contributed by atoms with Crippen LogP contribution in [-0.2, 0) is 4.79 Å². The van der Waals surface area contributed by atoms with Crippen molar-refractivity contribution in [3.8, 4) is 5.75 Å². The number of carbonyl (C=O) groups excluding carboxylic acids is 1. The number of nitrogens with one attached hydrogen (secondary N) is 1. The molecule has 0 fully saturated rings. The van der Waals surface area contributed by atoms with E-state index in [2.05, 4.69) is 15.6 Å². The molecule has 0 radical (unpaired) electrons. The SMILES string of the molecule is CSC1=NC(C)(/C=N/Oc2ccccc2)C(=O)N1Nc1ccccc1. The van der Waals surface area contributed by atoms with E-state index in [0.29, 0.717) is 10.9 Å². The van der Waals surface area contributed by atoms with E-state index in [-0.39, 0.29) is 5.91 Å². The lowest BCUT2D eigenvalue weighted by Gasteiger charge is -2.21. The molecule has 1 amide bonds. The summed E-state index contributed by atoms with van der Waals surface area (Å²) in [5.74, 6) is 0.377. The lowest BCUT2D eigenvalue weighted by molar-refractivity contribution is -0.127. The van der Waals surface area contributed by atoms with Gasteiger partial charge in [0.15, 0.2) is 16.5 Å². The summed E-state index contributed by atoms with van der Waals surface area (Å²) in [6.07, 6.45) is 3.29. The van der Waals surface area contributed by atoms with E-state index < -0.39 is 5.54 Å². The molecule has 1 atom stereocenters. The van der Waals surface area contributed by atoms with Crippen LogP contribution < -0.4 is 10.3 Å². The highest BCUT2D eigenvalue weighted by Crippen LogP contribution is 2.26. The molecule has 1 aliphatic heterocycles. The van der Waals surface area contributed by atoms with Gasteiger partial charge in [-0.2, -0.15) is 5.01 Å². The van der Waals surface area contributed by atoms with Gasteiger partial charge in [0, 0.05) is 0 Å². The van der Waals surface area contributed by atoms with Crippen molar-refractivity contribution in [3.63, 3.8) is 0 Å². The van der Waals surface area contributed by atoms with Gasteiger partial charge in [-0.15, -0.1) is 0 Å². The Morgan fingerprint density at radius 1 is 1.16 bits per heavy atom.